The fourth-order valence-corrected chi connectivity index (χ4v) is 2.69. The van der Waals surface area contributed by atoms with E-state index in [-0.39, 0.29) is 5.91 Å². The van der Waals surface area contributed by atoms with E-state index in [4.69, 9.17) is 23.2 Å². The molecule has 0 saturated heterocycles. The largest absolute Gasteiger partial charge is 0.352 e. The number of anilines is 1. The first kappa shape index (κ1) is 19.1. The van der Waals surface area contributed by atoms with Crippen LogP contribution in [0.4, 0.5) is 5.69 Å². The minimum atomic E-state index is -0.0950. The molecule has 0 radical (unpaired) electrons. The van der Waals surface area contributed by atoms with Crippen LogP contribution in [0.1, 0.15) is 18.1 Å². The number of hydrogen-bond donors (Lipinski definition) is 3. The molecule has 2 rings (SSSR count). The molecule has 0 unspecified atom stereocenters. The van der Waals surface area contributed by atoms with Gasteiger partial charge in [0.15, 0.2) is 5.96 Å². The average molecular weight is 379 g/mol. The maximum Gasteiger partial charge on any atom is 0.221 e. The van der Waals surface area contributed by atoms with Crippen molar-refractivity contribution in [3.63, 3.8) is 0 Å². The van der Waals surface area contributed by atoms with Gasteiger partial charge in [-0.3, -0.25) is 9.79 Å². The van der Waals surface area contributed by atoms with E-state index in [0.29, 0.717) is 29.1 Å². The summed E-state index contributed by atoms with van der Waals surface area (Å²) in [5.74, 6) is 0.554. The van der Waals surface area contributed by atoms with Gasteiger partial charge in [-0.2, -0.15) is 0 Å². The molecule has 2 aromatic rings. The predicted octanol–water partition coefficient (Wildman–Crippen LogP) is 3.82. The third kappa shape index (κ3) is 6.29. The number of carbonyl (C=O) groups excluding carboxylic acids is 1. The maximum atomic E-state index is 11.1. The first-order valence-corrected chi connectivity index (χ1v) is 8.48. The lowest BCUT2D eigenvalue weighted by Gasteiger charge is -2.13. The van der Waals surface area contributed by atoms with Crippen LogP contribution in [-0.4, -0.2) is 18.9 Å². The number of hydrogen-bond acceptors (Lipinski definition) is 2. The van der Waals surface area contributed by atoms with E-state index in [9.17, 15) is 4.79 Å². The van der Waals surface area contributed by atoms with E-state index in [2.05, 4.69) is 20.9 Å². The molecule has 0 atom stereocenters. The number of rotatable bonds is 5. The summed E-state index contributed by atoms with van der Waals surface area (Å²) in [5.41, 5.74) is 2.73. The Bertz CT molecular complexity index is 777. The number of guanidine groups is 1. The van der Waals surface area contributed by atoms with Gasteiger partial charge < -0.3 is 16.0 Å². The van der Waals surface area contributed by atoms with Crippen molar-refractivity contribution in [1.82, 2.24) is 10.6 Å². The molecule has 25 heavy (non-hydrogen) atoms. The topological polar surface area (TPSA) is 65.5 Å². The molecule has 0 aliphatic carbocycles. The Labute approximate surface area is 157 Å². The Morgan fingerprint density at radius 2 is 1.84 bits per heavy atom. The summed E-state index contributed by atoms with van der Waals surface area (Å²) < 4.78 is 0. The zero-order valence-corrected chi connectivity index (χ0v) is 15.6. The fourth-order valence-electron chi connectivity index (χ4n) is 2.21. The molecule has 0 aliphatic rings. The van der Waals surface area contributed by atoms with Gasteiger partial charge in [0, 0.05) is 42.8 Å². The first-order chi connectivity index (χ1) is 12.0. The van der Waals surface area contributed by atoms with Gasteiger partial charge in [-0.25, -0.2) is 0 Å². The number of nitrogens with zero attached hydrogens (tertiary/aromatic N) is 1. The quantitative estimate of drug-likeness (QED) is 0.547. The van der Waals surface area contributed by atoms with Gasteiger partial charge in [0.05, 0.1) is 0 Å². The lowest BCUT2D eigenvalue weighted by Crippen LogP contribution is -2.36. The van der Waals surface area contributed by atoms with E-state index in [1.807, 2.05) is 30.3 Å². The van der Waals surface area contributed by atoms with Gasteiger partial charge in [-0.15, -0.1) is 0 Å². The summed E-state index contributed by atoms with van der Waals surface area (Å²) >= 11 is 12.1. The van der Waals surface area contributed by atoms with Crippen LogP contribution in [0.15, 0.2) is 47.5 Å². The number of amides is 1. The van der Waals surface area contributed by atoms with Crippen LogP contribution in [-0.2, 0) is 17.9 Å². The van der Waals surface area contributed by atoms with Gasteiger partial charge in [0.25, 0.3) is 0 Å². The molecule has 1 amide bonds. The molecule has 0 fully saturated rings. The summed E-state index contributed by atoms with van der Waals surface area (Å²) in [5, 5.41) is 10.4. The van der Waals surface area contributed by atoms with Crippen LogP contribution in [0.2, 0.25) is 10.0 Å². The molecule has 0 aliphatic heterocycles. The van der Waals surface area contributed by atoms with Crippen molar-refractivity contribution in [2.24, 2.45) is 4.99 Å². The molecular weight excluding hydrogens is 359 g/mol. The van der Waals surface area contributed by atoms with Crippen molar-refractivity contribution in [3.05, 3.63) is 63.6 Å². The summed E-state index contributed by atoms with van der Waals surface area (Å²) in [4.78, 5) is 15.3. The third-order valence-electron chi connectivity index (χ3n) is 3.39. The van der Waals surface area contributed by atoms with Crippen LogP contribution in [0.5, 0.6) is 0 Å². The van der Waals surface area contributed by atoms with Crippen molar-refractivity contribution in [1.29, 1.82) is 0 Å². The van der Waals surface area contributed by atoms with Crippen LogP contribution in [0, 0.1) is 0 Å². The van der Waals surface area contributed by atoms with Crippen molar-refractivity contribution in [3.8, 4) is 0 Å². The molecule has 3 N–H and O–H groups in total. The highest BCUT2D eigenvalue weighted by molar-refractivity contribution is 6.35. The number of halogens is 2. The lowest BCUT2D eigenvalue weighted by atomic mass is 10.2. The van der Waals surface area contributed by atoms with Crippen LogP contribution in [0.3, 0.4) is 0 Å². The van der Waals surface area contributed by atoms with E-state index < -0.39 is 0 Å². The molecule has 5 nitrogen and oxygen atoms in total. The zero-order valence-electron chi connectivity index (χ0n) is 14.1. The normalized spacial score (nSPS) is 11.1. The average Bonchev–Trinajstić information content (AvgIpc) is 2.56. The van der Waals surface area contributed by atoms with Crippen molar-refractivity contribution < 1.29 is 4.79 Å². The second-order valence-electron chi connectivity index (χ2n) is 5.40. The molecule has 132 valence electrons. The van der Waals surface area contributed by atoms with Crippen molar-refractivity contribution in [2.75, 3.05) is 12.4 Å². The summed E-state index contributed by atoms with van der Waals surface area (Å²) in [6.45, 7) is 2.58. The summed E-state index contributed by atoms with van der Waals surface area (Å²) in [7, 11) is 1.70. The third-order valence-corrected chi connectivity index (χ3v) is 3.98. The van der Waals surface area contributed by atoms with Crippen LogP contribution >= 0.6 is 23.2 Å². The number of aliphatic imine (C=N–C) groups is 1. The van der Waals surface area contributed by atoms with E-state index in [1.54, 1.807) is 19.2 Å². The highest BCUT2D eigenvalue weighted by atomic mass is 35.5. The monoisotopic (exact) mass is 378 g/mol. The molecular formula is C18H20Cl2N4O. The Morgan fingerprint density at radius 1 is 1.08 bits per heavy atom. The molecule has 7 heteroatoms. The smallest absolute Gasteiger partial charge is 0.221 e. The van der Waals surface area contributed by atoms with Gasteiger partial charge >= 0.3 is 0 Å². The summed E-state index contributed by atoms with van der Waals surface area (Å²) in [6.07, 6.45) is 0. The molecule has 0 heterocycles. The molecule has 0 aromatic heterocycles. The maximum absolute atomic E-state index is 11.1. The van der Waals surface area contributed by atoms with Gasteiger partial charge in [-0.05, 0) is 35.4 Å². The molecule has 0 spiro atoms. The minimum absolute atomic E-state index is 0.0950. The number of nitrogens with one attached hydrogen (secondary N) is 3. The SMILES string of the molecule is CN=C(NCc1cccc(NC(C)=O)c1)NCc1ccc(Cl)cc1Cl. The van der Waals surface area contributed by atoms with E-state index >= 15 is 0 Å². The van der Waals surface area contributed by atoms with E-state index in [1.165, 1.54) is 6.92 Å². The fraction of sp³-hybridized carbons (Fsp3) is 0.222. The Balaban J connectivity index is 1.91. The molecule has 0 bridgehead atoms. The Hall–Kier alpha value is -2.24. The first-order valence-electron chi connectivity index (χ1n) is 7.73. The number of benzene rings is 2. The predicted molar refractivity (Wildman–Crippen MR) is 104 cm³/mol. The molecule has 0 saturated carbocycles. The van der Waals surface area contributed by atoms with Crippen LogP contribution in [0.25, 0.3) is 0 Å². The molecule has 2 aromatic carbocycles. The van der Waals surface area contributed by atoms with Crippen molar-refractivity contribution >= 4 is 40.8 Å². The van der Waals surface area contributed by atoms with Crippen LogP contribution < -0.4 is 16.0 Å². The van der Waals surface area contributed by atoms with Gasteiger partial charge in [-0.1, -0.05) is 41.4 Å². The second-order valence-corrected chi connectivity index (χ2v) is 6.24. The minimum Gasteiger partial charge on any atom is -0.352 e. The summed E-state index contributed by atoms with van der Waals surface area (Å²) in [6, 6.07) is 13.0. The van der Waals surface area contributed by atoms with Gasteiger partial charge in [0.2, 0.25) is 5.91 Å². The lowest BCUT2D eigenvalue weighted by molar-refractivity contribution is -0.114. The zero-order chi connectivity index (χ0) is 18.2. The number of carbonyl (C=O) groups is 1. The highest BCUT2D eigenvalue weighted by Gasteiger charge is 2.04. The van der Waals surface area contributed by atoms with E-state index in [0.717, 1.165) is 16.8 Å². The highest BCUT2D eigenvalue weighted by Crippen LogP contribution is 2.20. The van der Waals surface area contributed by atoms with Gasteiger partial charge in [0.1, 0.15) is 0 Å². The Kier molecular flexibility index (Phi) is 7.10. The van der Waals surface area contributed by atoms with Crippen molar-refractivity contribution in [2.45, 2.75) is 20.0 Å². The standard InChI is InChI=1S/C18H20Cl2N4O/c1-12(25)24-16-5-3-4-13(8-16)10-22-18(21-2)23-11-14-6-7-15(19)9-17(14)20/h3-9H,10-11H2,1-2H3,(H,24,25)(H2,21,22,23). The second kappa shape index (κ2) is 9.30. The Morgan fingerprint density at radius 3 is 2.52 bits per heavy atom.